The number of thioether (sulfide) groups is 1. The second kappa shape index (κ2) is 10.7. The van der Waals surface area contributed by atoms with E-state index in [9.17, 15) is 14.0 Å². The predicted octanol–water partition coefficient (Wildman–Crippen LogP) is 4.53. The molecule has 0 aromatic heterocycles. The van der Waals surface area contributed by atoms with Gasteiger partial charge in [-0.3, -0.25) is 9.59 Å². The Kier molecular flexibility index (Phi) is 8.60. The number of hydrogen-bond donors (Lipinski definition) is 1. The van der Waals surface area contributed by atoms with Crippen LogP contribution in [-0.4, -0.2) is 35.6 Å². The summed E-state index contributed by atoms with van der Waals surface area (Å²) in [5.41, 5.74) is 1.30. The van der Waals surface area contributed by atoms with Crippen LogP contribution in [-0.2, 0) is 21.9 Å². The Labute approximate surface area is 178 Å². The molecule has 1 unspecified atom stereocenters. The van der Waals surface area contributed by atoms with E-state index in [2.05, 4.69) is 5.32 Å². The van der Waals surface area contributed by atoms with E-state index >= 15 is 0 Å². The first kappa shape index (κ1) is 22.5. The van der Waals surface area contributed by atoms with E-state index in [1.807, 2.05) is 6.07 Å². The summed E-state index contributed by atoms with van der Waals surface area (Å²) >= 11 is 13.3. The van der Waals surface area contributed by atoms with Gasteiger partial charge in [0.25, 0.3) is 0 Å². The number of carbonyl (C=O) groups excluding carboxylic acids is 2. The quantitative estimate of drug-likeness (QED) is 0.653. The number of benzene rings is 2. The van der Waals surface area contributed by atoms with Gasteiger partial charge in [0.1, 0.15) is 11.9 Å². The molecule has 0 aliphatic rings. The van der Waals surface area contributed by atoms with Crippen molar-refractivity contribution in [2.45, 2.75) is 25.3 Å². The average Bonchev–Trinajstić information content (AvgIpc) is 2.68. The molecule has 1 N–H and O–H groups in total. The van der Waals surface area contributed by atoms with Crippen LogP contribution in [0.3, 0.4) is 0 Å². The molecule has 2 amide bonds. The molecule has 0 saturated carbocycles. The first-order valence-electron chi connectivity index (χ1n) is 8.59. The van der Waals surface area contributed by atoms with Crippen LogP contribution in [0, 0.1) is 5.82 Å². The van der Waals surface area contributed by atoms with Crippen LogP contribution < -0.4 is 5.32 Å². The van der Waals surface area contributed by atoms with Crippen molar-refractivity contribution in [1.29, 1.82) is 0 Å². The molecule has 150 valence electrons. The molecule has 0 radical (unpaired) electrons. The molecule has 0 aliphatic heterocycles. The molecule has 2 aromatic carbocycles. The monoisotopic (exact) mass is 442 g/mol. The maximum Gasteiger partial charge on any atom is 0.242 e. The third-order valence-electron chi connectivity index (χ3n) is 4.19. The topological polar surface area (TPSA) is 49.4 Å². The van der Waals surface area contributed by atoms with Gasteiger partial charge in [-0.1, -0.05) is 47.5 Å². The molecule has 0 saturated heterocycles. The van der Waals surface area contributed by atoms with Crippen LogP contribution >= 0.6 is 35.0 Å². The number of nitrogens with zero attached hydrogens (tertiary/aromatic N) is 1. The minimum absolute atomic E-state index is 0.0213. The van der Waals surface area contributed by atoms with E-state index in [0.29, 0.717) is 21.4 Å². The molecule has 0 fully saturated rings. The summed E-state index contributed by atoms with van der Waals surface area (Å²) < 4.78 is 14.0. The summed E-state index contributed by atoms with van der Waals surface area (Å²) in [6.07, 6.45) is 0. The smallest absolute Gasteiger partial charge is 0.242 e. The maximum atomic E-state index is 14.0. The van der Waals surface area contributed by atoms with Gasteiger partial charge < -0.3 is 10.2 Å². The number of hydrogen-bond acceptors (Lipinski definition) is 3. The lowest BCUT2D eigenvalue weighted by Gasteiger charge is -2.28. The maximum absolute atomic E-state index is 14.0. The minimum atomic E-state index is -0.720. The summed E-state index contributed by atoms with van der Waals surface area (Å²) in [6, 6.07) is 10.8. The second-order valence-electron chi connectivity index (χ2n) is 6.14. The summed E-state index contributed by atoms with van der Waals surface area (Å²) in [5.74, 6) is -0.253. The number of amides is 2. The zero-order valence-corrected chi connectivity index (χ0v) is 17.9. The van der Waals surface area contributed by atoms with E-state index in [-0.39, 0.29) is 24.1 Å². The summed E-state index contributed by atoms with van der Waals surface area (Å²) in [5, 5.41) is 3.47. The fraction of sp³-hybridized carbons (Fsp3) is 0.300. The molecule has 0 heterocycles. The van der Waals surface area contributed by atoms with Gasteiger partial charge >= 0.3 is 0 Å². The van der Waals surface area contributed by atoms with E-state index in [1.54, 1.807) is 37.3 Å². The van der Waals surface area contributed by atoms with Gasteiger partial charge in [-0.05, 0) is 30.7 Å². The van der Waals surface area contributed by atoms with E-state index in [1.165, 1.54) is 29.8 Å². The fourth-order valence-corrected chi connectivity index (χ4v) is 3.75. The number of carbonyl (C=O) groups is 2. The lowest BCUT2D eigenvalue weighted by atomic mass is 10.1. The predicted molar refractivity (Wildman–Crippen MR) is 113 cm³/mol. The Balaban J connectivity index is 2.06. The lowest BCUT2D eigenvalue weighted by Crippen LogP contribution is -2.47. The Hall–Kier alpha value is -1.76. The van der Waals surface area contributed by atoms with Crippen LogP contribution in [0.2, 0.25) is 10.0 Å². The molecule has 8 heteroatoms. The summed E-state index contributed by atoms with van der Waals surface area (Å²) in [6.45, 7) is 1.65. The number of rotatable bonds is 8. The molecule has 0 bridgehead atoms. The lowest BCUT2D eigenvalue weighted by molar-refractivity contribution is -0.138. The molecule has 1 atom stereocenters. The Bertz CT molecular complexity index is 851. The van der Waals surface area contributed by atoms with Crippen molar-refractivity contribution in [2.75, 3.05) is 12.8 Å². The van der Waals surface area contributed by atoms with Gasteiger partial charge in [0, 0.05) is 24.9 Å². The molecule has 4 nitrogen and oxygen atoms in total. The van der Waals surface area contributed by atoms with E-state index < -0.39 is 11.9 Å². The fourth-order valence-electron chi connectivity index (χ4n) is 2.57. The molecule has 0 spiro atoms. The molecular weight excluding hydrogens is 422 g/mol. The van der Waals surface area contributed by atoms with Crippen molar-refractivity contribution >= 4 is 46.8 Å². The van der Waals surface area contributed by atoms with Gasteiger partial charge in [0.05, 0.1) is 15.8 Å². The van der Waals surface area contributed by atoms with Gasteiger partial charge in [0.15, 0.2) is 0 Å². The van der Waals surface area contributed by atoms with Crippen molar-refractivity contribution in [2.24, 2.45) is 0 Å². The van der Waals surface area contributed by atoms with Crippen molar-refractivity contribution in [3.63, 3.8) is 0 Å². The van der Waals surface area contributed by atoms with Crippen LogP contribution in [0.15, 0.2) is 42.5 Å². The number of likely N-dealkylation sites (N-methyl/N-ethyl adjacent to an activating group) is 1. The van der Waals surface area contributed by atoms with Crippen molar-refractivity contribution in [1.82, 2.24) is 10.2 Å². The first-order chi connectivity index (χ1) is 13.3. The van der Waals surface area contributed by atoms with Gasteiger partial charge in [-0.2, -0.15) is 0 Å². The molecule has 0 aliphatic carbocycles. The van der Waals surface area contributed by atoms with Crippen molar-refractivity contribution in [3.05, 3.63) is 69.5 Å². The first-order valence-corrected chi connectivity index (χ1v) is 10.5. The Morgan fingerprint density at radius 2 is 1.89 bits per heavy atom. The molecule has 2 rings (SSSR count). The van der Waals surface area contributed by atoms with Crippen molar-refractivity contribution in [3.8, 4) is 0 Å². The highest BCUT2D eigenvalue weighted by atomic mass is 35.5. The van der Waals surface area contributed by atoms with E-state index in [0.717, 1.165) is 5.56 Å². The third kappa shape index (κ3) is 6.12. The Morgan fingerprint density at radius 3 is 2.54 bits per heavy atom. The van der Waals surface area contributed by atoms with Crippen molar-refractivity contribution < 1.29 is 14.0 Å². The largest absolute Gasteiger partial charge is 0.357 e. The highest BCUT2D eigenvalue weighted by Gasteiger charge is 2.26. The summed E-state index contributed by atoms with van der Waals surface area (Å²) in [4.78, 5) is 26.2. The van der Waals surface area contributed by atoms with Gasteiger partial charge in [-0.15, -0.1) is 11.8 Å². The third-order valence-corrected chi connectivity index (χ3v) is 5.92. The summed E-state index contributed by atoms with van der Waals surface area (Å²) in [7, 11) is 1.50. The minimum Gasteiger partial charge on any atom is -0.357 e. The van der Waals surface area contributed by atoms with E-state index in [4.69, 9.17) is 23.2 Å². The SMILES string of the molecule is CNC(=O)C(C)N(Cc1ccccc1F)C(=O)CSCc1ccc(Cl)c(Cl)c1. The van der Waals surface area contributed by atoms with Crippen LogP contribution in [0.5, 0.6) is 0 Å². The normalized spacial score (nSPS) is 11.8. The highest BCUT2D eigenvalue weighted by Crippen LogP contribution is 2.25. The standard InChI is InChI=1S/C20H21Cl2FN2O2S/c1-13(20(27)24-2)25(10-15-5-3-4-6-18(15)23)19(26)12-28-11-14-7-8-16(21)17(22)9-14/h3-9,13H,10-12H2,1-2H3,(H,24,27). The molecule has 28 heavy (non-hydrogen) atoms. The Morgan fingerprint density at radius 1 is 1.18 bits per heavy atom. The molecular formula is C20H21Cl2FN2O2S. The van der Waals surface area contributed by atoms with Crippen LogP contribution in [0.25, 0.3) is 0 Å². The van der Waals surface area contributed by atoms with Crippen LogP contribution in [0.1, 0.15) is 18.1 Å². The van der Waals surface area contributed by atoms with Crippen LogP contribution in [0.4, 0.5) is 4.39 Å². The zero-order chi connectivity index (χ0) is 20.7. The number of nitrogens with one attached hydrogen (secondary N) is 1. The second-order valence-corrected chi connectivity index (χ2v) is 7.94. The average molecular weight is 443 g/mol. The highest BCUT2D eigenvalue weighted by molar-refractivity contribution is 7.99. The van der Waals surface area contributed by atoms with Gasteiger partial charge in [0.2, 0.25) is 11.8 Å². The molecule has 2 aromatic rings. The number of halogens is 3. The van der Waals surface area contributed by atoms with Gasteiger partial charge in [-0.25, -0.2) is 4.39 Å². The zero-order valence-electron chi connectivity index (χ0n) is 15.5.